The average Bonchev–Trinajstić information content (AvgIpc) is 3.34. The lowest BCUT2D eigenvalue weighted by Crippen LogP contribution is -2.43. The highest BCUT2D eigenvalue weighted by molar-refractivity contribution is 5.97. The summed E-state index contributed by atoms with van der Waals surface area (Å²) in [5.41, 5.74) is 0.504. The van der Waals surface area contributed by atoms with Gasteiger partial charge in [0.2, 0.25) is 0 Å². The van der Waals surface area contributed by atoms with E-state index >= 15 is 0 Å². The molecule has 1 aromatic rings. The summed E-state index contributed by atoms with van der Waals surface area (Å²) in [6.07, 6.45) is 7.42. The smallest absolute Gasteiger partial charge is 0.255 e. The van der Waals surface area contributed by atoms with Gasteiger partial charge in [-0.15, -0.1) is 0 Å². The van der Waals surface area contributed by atoms with Gasteiger partial charge in [0.05, 0.1) is 38.6 Å². The lowest BCUT2D eigenvalue weighted by Gasteiger charge is -2.36. The van der Waals surface area contributed by atoms with E-state index in [1.54, 1.807) is 13.2 Å². The lowest BCUT2D eigenvalue weighted by molar-refractivity contribution is -0.0855. The molecule has 166 valence electrons. The molecule has 1 aliphatic carbocycles. The summed E-state index contributed by atoms with van der Waals surface area (Å²) >= 11 is 0. The van der Waals surface area contributed by atoms with Crippen LogP contribution in [0.2, 0.25) is 0 Å². The third-order valence-corrected chi connectivity index (χ3v) is 6.42. The Morgan fingerprint density at radius 1 is 1.17 bits per heavy atom. The molecule has 1 amide bonds. The van der Waals surface area contributed by atoms with Gasteiger partial charge in [0.15, 0.2) is 0 Å². The Hall–Kier alpha value is -1.83. The van der Waals surface area contributed by atoms with E-state index in [0.717, 1.165) is 32.0 Å². The number of hydrogen-bond acceptors (Lipinski definition) is 6. The van der Waals surface area contributed by atoms with Gasteiger partial charge in [-0.25, -0.2) is 0 Å². The molecule has 3 aliphatic rings. The molecule has 0 spiro atoms. The predicted molar refractivity (Wildman–Crippen MR) is 113 cm³/mol. The molecule has 1 unspecified atom stereocenters. The second-order valence-corrected chi connectivity index (χ2v) is 8.43. The fraction of sp³-hybridized carbons (Fsp3) is 0.696. The molecule has 2 heterocycles. The number of likely N-dealkylation sites (tertiary alicyclic amines) is 1. The van der Waals surface area contributed by atoms with Crippen molar-refractivity contribution < 1.29 is 23.7 Å². The standard InChI is InChI=1S/C23H34N2O5/c1-27-19-6-7-22(21(14-19)23(26)24-15-20-16-28-12-13-29-20)30-18-8-10-25(11-9-18)17-4-2-3-5-17/h6-7,14,17-18,20H,2-5,8-13,15-16H2,1H3,(H,24,26). The molecule has 30 heavy (non-hydrogen) atoms. The van der Waals surface area contributed by atoms with Crippen molar-refractivity contribution in [3.8, 4) is 11.5 Å². The van der Waals surface area contributed by atoms with Crippen molar-refractivity contribution in [2.75, 3.05) is 46.6 Å². The topological polar surface area (TPSA) is 69.3 Å². The van der Waals surface area contributed by atoms with Gasteiger partial charge < -0.3 is 29.2 Å². The number of benzene rings is 1. The van der Waals surface area contributed by atoms with E-state index in [1.165, 1.54) is 25.7 Å². The van der Waals surface area contributed by atoms with Crippen LogP contribution in [-0.4, -0.2) is 75.6 Å². The zero-order valence-electron chi connectivity index (χ0n) is 17.9. The minimum atomic E-state index is -0.179. The lowest BCUT2D eigenvalue weighted by atomic mass is 10.0. The number of hydrogen-bond donors (Lipinski definition) is 1. The SMILES string of the molecule is COc1ccc(OC2CCN(C3CCCC3)CC2)c(C(=O)NCC2COCCO2)c1. The van der Waals surface area contributed by atoms with Crippen molar-refractivity contribution >= 4 is 5.91 Å². The first kappa shape index (κ1) is 21.4. The molecule has 7 nitrogen and oxygen atoms in total. The molecule has 4 rings (SSSR count). The Morgan fingerprint density at radius 2 is 1.97 bits per heavy atom. The highest BCUT2D eigenvalue weighted by atomic mass is 16.6. The molecule has 0 radical (unpaired) electrons. The molecular formula is C23H34N2O5. The first-order valence-electron chi connectivity index (χ1n) is 11.3. The molecule has 1 N–H and O–H groups in total. The maximum Gasteiger partial charge on any atom is 0.255 e. The predicted octanol–water partition coefficient (Wildman–Crippen LogP) is 2.63. The van der Waals surface area contributed by atoms with Crippen LogP contribution in [-0.2, 0) is 9.47 Å². The summed E-state index contributed by atoms with van der Waals surface area (Å²) in [7, 11) is 1.60. The first-order valence-corrected chi connectivity index (χ1v) is 11.3. The number of nitrogens with one attached hydrogen (secondary N) is 1. The fourth-order valence-corrected chi connectivity index (χ4v) is 4.68. The number of nitrogens with zero attached hydrogens (tertiary/aromatic N) is 1. The Bertz CT molecular complexity index is 693. The molecule has 1 atom stereocenters. The van der Waals surface area contributed by atoms with E-state index < -0.39 is 0 Å². The maximum atomic E-state index is 12.9. The zero-order valence-corrected chi connectivity index (χ0v) is 17.9. The Balaban J connectivity index is 1.35. The molecule has 2 aliphatic heterocycles. The van der Waals surface area contributed by atoms with Crippen LogP contribution in [0.3, 0.4) is 0 Å². The van der Waals surface area contributed by atoms with Gasteiger partial charge in [-0.2, -0.15) is 0 Å². The van der Waals surface area contributed by atoms with Gasteiger partial charge in [-0.1, -0.05) is 12.8 Å². The summed E-state index contributed by atoms with van der Waals surface area (Å²) in [4.78, 5) is 15.5. The fourth-order valence-electron chi connectivity index (χ4n) is 4.68. The Kier molecular flexibility index (Phi) is 7.47. The number of methoxy groups -OCH3 is 1. The van der Waals surface area contributed by atoms with E-state index in [1.807, 2.05) is 12.1 Å². The van der Waals surface area contributed by atoms with Gasteiger partial charge in [0.25, 0.3) is 5.91 Å². The number of amides is 1. The summed E-state index contributed by atoms with van der Waals surface area (Å²) in [5, 5.41) is 2.95. The quantitative estimate of drug-likeness (QED) is 0.734. The molecule has 3 fully saturated rings. The monoisotopic (exact) mass is 418 g/mol. The third-order valence-electron chi connectivity index (χ3n) is 6.42. The minimum Gasteiger partial charge on any atom is -0.497 e. The molecular weight excluding hydrogens is 384 g/mol. The van der Waals surface area contributed by atoms with Crippen LogP contribution in [0.25, 0.3) is 0 Å². The zero-order chi connectivity index (χ0) is 20.8. The number of carbonyl (C=O) groups is 1. The van der Waals surface area contributed by atoms with Gasteiger partial charge in [-0.05, 0) is 43.9 Å². The second-order valence-electron chi connectivity index (χ2n) is 8.43. The highest BCUT2D eigenvalue weighted by Crippen LogP contribution is 2.30. The van der Waals surface area contributed by atoms with E-state index in [2.05, 4.69) is 10.2 Å². The highest BCUT2D eigenvalue weighted by Gasteiger charge is 2.28. The summed E-state index contributed by atoms with van der Waals surface area (Å²) in [5.74, 6) is 1.08. The molecule has 2 saturated heterocycles. The first-order chi connectivity index (χ1) is 14.7. The number of rotatable bonds is 7. The van der Waals surface area contributed by atoms with E-state index in [0.29, 0.717) is 43.4 Å². The maximum absolute atomic E-state index is 12.9. The van der Waals surface area contributed by atoms with Crippen molar-refractivity contribution in [3.63, 3.8) is 0 Å². The van der Waals surface area contributed by atoms with E-state index in [4.69, 9.17) is 18.9 Å². The van der Waals surface area contributed by atoms with Gasteiger partial charge in [0, 0.05) is 25.7 Å². The van der Waals surface area contributed by atoms with E-state index in [-0.39, 0.29) is 18.1 Å². The normalized spacial score (nSPS) is 24.0. The van der Waals surface area contributed by atoms with Crippen LogP contribution in [0.15, 0.2) is 18.2 Å². The van der Waals surface area contributed by atoms with Gasteiger partial charge in [0.1, 0.15) is 17.6 Å². The molecule has 0 bridgehead atoms. The summed E-state index contributed by atoms with van der Waals surface area (Å²) in [6, 6.07) is 6.20. The Labute approximate surface area is 179 Å². The van der Waals surface area contributed by atoms with Crippen LogP contribution in [0.1, 0.15) is 48.9 Å². The summed E-state index contributed by atoms with van der Waals surface area (Å²) in [6.45, 7) is 4.24. The second kappa shape index (κ2) is 10.5. The Morgan fingerprint density at radius 3 is 2.67 bits per heavy atom. The van der Waals surface area contributed by atoms with Crippen molar-refractivity contribution in [1.29, 1.82) is 0 Å². The van der Waals surface area contributed by atoms with Crippen LogP contribution in [0.4, 0.5) is 0 Å². The third kappa shape index (κ3) is 5.45. The van der Waals surface area contributed by atoms with E-state index in [9.17, 15) is 4.79 Å². The van der Waals surface area contributed by atoms with Crippen LogP contribution in [0, 0.1) is 0 Å². The van der Waals surface area contributed by atoms with Crippen LogP contribution < -0.4 is 14.8 Å². The number of carbonyl (C=O) groups excluding carboxylic acids is 1. The van der Waals surface area contributed by atoms with Gasteiger partial charge >= 0.3 is 0 Å². The summed E-state index contributed by atoms with van der Waals surface area (Å²) < 4.78 is 22.7. The van der Waals surface area contributed by atoms with Crippen molar-refractivity contribution in [2.24, 2.45) is 0 Å². The van der Waals surface area contributed by atoms with Crippen LogP contribution >= 0.6 is 0 Å². The largest absolute Gasteiger partial charge is 0.497 e. The van der Waals surface area contributed by atoms with Gasteiger partial charge in [-0.3, -0.25) is 4.79 Å². The minimum absolute atomic E-state index is 0.113. The average molecular weight is 419 g/mol. The molecule has 1 saturated carbocycles. The van der Waals surface area contributed by atoms with Crippen LogP contribution in [0.5, 0.6) is 11.5 Å². The molecule has 0 aromatic heterocycles. The van der Waals surface area contributed by atoms with Crippen molar-refractivity contribution in [3.05, 3.63) is 23.8 Å². The number of piperidine rings is 1. The molecule has 1 aromatic carbocycles. The van der Waals surface area contributed by atoms with Crippen molar-refractivity contribution in [1.82, 2.24) is 10.2 Å². The van der Waals surface area contributed by atoms with Crippen molar-refractivity contribution in [2.45, 2.75) is 56.8 Å². The molecule has 7 heteroatoms. The number of ether oxygens (including phenoxy) is 4.